The maximum Gasteiger partial charge on any atom is 0.131 e. The molecule has 0 aliphatic heterocycles. The van der Waals surface area contributed by atoms with Crippen LogP contribution < -0.4 is 10.6 Å². The van der Waals surface area contributed by atoms with Crippen LogP contribution in [0, 0.1) is 0 Å². The summed E-state index contributed by atoms with van der Waals surface area (Å²) in [5.41, 5.74) is 2.83. The fourth-order valence-corrected chi connectivity index (χ4v) is 1.66. The first-order valence-corrected chi connectivity index (χ1v) is 5.43. The van der Waals surface area contributed by atoms with Gasteiger partial charge in [-0.3, -0.25) is 0 Å². The van der Waals surface area contributed by atoms with E-state index in [1.807, 2.05) is 24.0 Å². The van der Waals surface area contributed by atoms with Crippen molar-refractivity contribution in [3.05, 3.63) is 29.0 Å². The zero-order chi connectivity index (χ0) is 10.5. The Labute approximate surface area is 91.6 Å². The molecule has 2 N–H and O–H groups in total. The van der Waals surface area contributed by atoms with E-state index in [9.17, 15) is 0 Å². The summed E-state index contributed by atoms with van der Waals surface area (Å²) in [6, 6.07) is 1.85. The van der Waals surface area contributed by atoms with E-state index >= 15 is 0 Å². The minimum Gasteiger partial charge on any atom is -0.373 e. The molecule has 0 bridgehead atoms. The highest BCUT2D eigenvalue weighted by Crippen LogP contribution is 2.09. The first-order chi connectivity index (χ1) is 7.38. The number of nitrogens with one attached hydrogen (secondary N) is 2. The third-order valence-electron chi connectivity index (χ3n) is 1.86. The Kier molecular flexibility index (Phi) is 3.08. The van der Waals surface area contributed by atoms with Gasteiger partial charge in [-0.15, -0.1) is 11.3 Å². The Morgan fingerprint density at radius 3 is 2.87 bits per heavy atom. The first-order valence-electron chi connectivity index (χ1n) is 4.49. The summed E-state index contributed by atoms with van der Waals surface area (Å²) in [4.78, 5) is 12.3. The number of nitrogens with zero attached hydrogens (tertiary/aromatic N) is 3. The fraction of sp³-hybridized carbons (Fsp3) is 0.222. The highest BCUT2D eigenvalue weighted by atomic mass is 32.1. The van der Waals surface area contributed by atoms with Crippen molar-refractivity contribution in [2.45, 2.75) is 6.54 Å². The maximum absolute atomic E-state index is 4.17. The molecule has 0 radical (unpaired) electrons. The number of aromatic nitrogens is 3. The van der Waals surface area contributed by atoms with Gasteiger partial charge in [0.25, 0.3) is 0 Å². The third-order valence-corrected chi connectivity index (χ3v) is 2.49. The molecule has 0 aliphatic carbocycles. The van der Waals surface area contributed by atoms with Gasteiger partial charge in [-0.1, -0.05) is 0 Å². The van der Waals surface area contributed by atoms with Crippen molar-refractivity contribution in [1.29, 1.82) is 0 Å². The first kappa shape index (κ1) is 9.85. The molecule has 2 aromatic rings. The topological polar surface area (TPSA) is 62.7 Å². The van der Waals surface area contributed by atoms with E-state index in [1.165, 1.54) is 6.33 Å². The summed E-state index contributed by atoms with van der Waals surface area (Å²) >= 11 is 1.59. The van der Waals surface area contributed by atoms with E-state index in [4.69, 9.17) is 0 Å². The zero-order valence-electron chi connectivity index (χ0n) is 8.27. The SMILES string of the molecule is CNc1cc(NCc2cscn2)ncn1. The van der Waals surface area contributed by atoms with Crippen LogP contribution in [0.1, 0.15) is 5.69 Å². The summed E-state index contributed by atoms with van der Waals surface area (Å²) < 4.78 is 0. The molecule has 0 fully saturated rings. The van der Waals surface area contributed by atoms with Gasteiger partial charge in [0.05, 0.1) is 17.7 Å². The number of thiazole rings is 1. The van der Waals surface area contributed by atoms with Gasteiger partial charge in [0.15, 0.2) is 0 Å². The molecule has 0 unspecified atom stereocenters. The van der Waals surface area contributed by atoms with Crippen molar-refractivity contribution in [1.82, 2.24) is 15.0 Å². The number of hydrogen-bond acceptors (Lipinski definition) is 6. The normalized spacial score (nSPS) is 9.93. The summed E-state index contributed by atoms with van der Waals surface area (Å²) in [5.74, 6) is 1.59. The quantitative estimate of drug-likeness (QED) is 0.820. The van der Waals surface area contributed by atoms with Crippen molar-refractivity contribution >= 4 is 23.0 Å². The Hall–Kier alpha value is -1.69. The Morgan fingerprint density at radius 1 is 1.27 bits per heavy atom. The van der Waals surface area contributed by atoms with E-state index < -0.39 is 0 Å². The number of rotatable bonds is 4. The summed E-state index contributed by atoms with van der Waals surface area (Å²) in [6.07, 6.45) is 1.52. The molecule has 2 aromatic heterocycles. The van der Waals surface area contributed by atoms with E-state index in [2.05, 4.69) is 25.6 Å². The smallest absolute Gasteiger partial charge is 0.131 e. The van der Waals surface area contributed by atoms with Gasteiger partial charge in [0.1, 0.15) is 18.0 Å². The molecule has 5 nitrogen and oxygen atoms in total. The molecule has 6 heteroatoms. The van der Waals surface area contributed by atoms with Crippen molar-refractivity contribution in [2.75, 3.05) is 17.7 Å². The molecule has 2 rings (SSSR count). The lowest BCUT2D eigenvalue weighted by molar-refractivity contribution is 1.04. The van der Waals surface area contributed by atoms with Crippen LogP contribution in [0.15, 0.2) is 23.3 Å². The summed E-state index contributed by atoms with van der Waals surface area (Å²) in [6.45, 7) is 0.684. The predicted octanol–water partition coefficient (Wildman–Crippen LogP) is 1.59. The molecule has 0 saturated carbocycles. The molecule has 0 spiro atoms. The molecule has 0 amide bonds. The molecule has 0 aromatic carbocycles. The van der Waals surface area contributed by atoms with Gasteiger partial charge in [-0.05, 0) is 0 Å². The number of anilines is 2. The average Bonchev–Trinajstić information content (AvgIpc) is 2.79. The van der Waals surface area contributed by atoms with Crippen LogP contribution in [0.4, 0.5) is 11.6 Å². The Balaban J connectivity index is 1.98. The van der Waals surface area contributed by atoms with E-state index in [0.717, 1.165) is 17.3 Å². The minimum atomic E-state index is 0.684. The lowest BCUT2D eigenvalue weighted by Crippen LogP contribution is -2.03. The highest BCUT2D eigenvalue weighted by Gasteiger charge is 1.98. The average molecular weight is 221 g/mol. The van der Waals surface area contributed by atoms with Gasteiger partial charge in [-0.2, -0.15) is 0 Å². The highest BCUT2D eigenvalue weighted by molar-refractivity contribution is 7.07. The summed E-state index contributed by atoms with van der Waals surface area (Å²) in [5, 5.41) is 8.14. The van der Waals surface area contributed by atoms with Crippen LogP contribution >= 0.6 is 11.3 Å². The van der Waals surface area contributed by atoms with Crippen molar-refractivity contribution in [2.24, 2.45) is 0 Å². The third kappa shape index (κ3) is 2.63. The van der Waals surface area contributed by atoms with Gasteiger partial charge < -0.3 is 10.6 Å². The van der Waals surface area contributed by atoms with E-state index in [-0.39, 0.29) is 0 Å². The maximum atomic E-state index is 4.17. The Bertz CT molecular complexity index is 414. The fourth-order valence-electron chi connectivity index (χ4n) is 1.10. The molecule has 0 saturated heterocycles. The van der Waals surface area contributed by atoms with Crippen LogP contribution in [0.2, 0.25) is 0 Å². The van der Waals surface area contributed by atoms with Crippen molar-refractivity contribution < 1.29 is 0 Å². The number of hydrogen-bond donors (Lipinski definition) is 2. The monoisotopic (exact) mass is 221 g/mol. The van der Waals surface area contributed by atoms with E-state index in [1.54, 1.807) is 11.3 Å². The zero-order valence-corrected chi connectivity index (χ0v) is 9.08. The second kappa shape index (κ2) is 4.70. The molecule has 0 aliphatic rings. The molecule has 0 atom stereocenters. The molecule has 15 heavy (non-hydrogen) atoms. The molecular weight excluding hydrogens is 210 g/mol. The minimum absolute atomic E-state index is 0.684. The lowest BCUT2D eigenvalue weighted by atomic mass is 10.4. The predicted molar refractivity (Wildman–Crippen MR) is 61.0 cm³/mol. The second-order valence-electron chi connectivity index (χ2n) is 2.87. The summed E-state index contributed by atoms with van der Waals surface area (Å²) in [7, 11) is 1.83. The Morgan fingerprint density at radius 2 is 2.13 bits per heavy atom. The van der Waals surface area contributed by atoms with E-state index in [0.29, 0.717) is 6.54 Å². The van der Waals surface area contributed by atoms with Crippen LogP contribution in [0.25, 0.3) is 0 Å². The van der Waals surface area contributed by atoms with Gasteiger partial charge >= 0.3 is 0 Å². The lowest BCUT2D eigenvalue weighted by Gasteiger charge is -2.04. The van der Waals surface area contributed by atoms with Crippen LogP contribution in [0.3, 0.4) is 0 Å². The van der Waals surface area contributed by atoms with Crippen LogP contribution in [-0.4, -0.2) is 22.0 Å². The van der Waals surface area contributed by atoms with Gasteiger partial charge in [0.2, 0.25) is 0 Å². The molecular formula is C9H11N5S. The molecule has 2 heterocycles. The standard InChI is InChI=1S/C9H11N5S/c1-10-8-2-9(13-5-12-8)11-3-7-4-15-6-14-7/h2,4-6H,3H2,1H3,(H2,10,11,12,13). The van der Waals surface area contributed by atoms with Gasteiger partial charge in [-0.25, -0.2) is 15.0 Å². The second-order valence-corrected chi connectivity index (χ2v) is 3.59. The van der Waals surface area contributed by atoms with Crippen molar-refractivity contribution in [3.63, 3.8) is 0 Å². The molecule has 78 valence electrons. The largest absolute Gasteiger partial charge is 0.373 e. The van der Waals surface area contributed by atoms with Crippen LogP contribution in [-0.2, 0) is 6.54 Å². The van der Waals surface area contributed by atoms with Gasteiger partial charge in [0, 0.05) is 18.5 Å². The van der Waals surface area contributed by atoms with Crippen molar-refractivity contribution in [3.8, 4) is 0 Å². The van der Waals surface area contributed by atoms with Crippen LogP contribution in [0.5, 0.6) is 0 Å².